The van der Waals surface area contributed by atoms with Crippen molar-refractivity contribution in [1.29, 1.82) is 0 Å². The lowest BCUT2D eigenvalue weighted by Crippen LogP contribution is -2.27. The molecule has 0 aliphatic carbocycles. The predicted octanol–water partition coefficient (Wildman–Crippen LogP) is 2.17. The fourth-order valence-electron chi connectivity index (χ4n) is 2.93. The summed E-state index contributed by atoms with van der Waals surface area (Å²) in [7, 11) is 3.02. The molecule has 0 radical (unpaired) electrons. The van der Waals surface area contributed by atoms with Crippen LogP contribution in [-0.4, -0.2) is 36.2 Å². The van der Waals surface area contributed by atoms with Gasteiger partial charge in [-0.2, -0.15) is 0 Å². The number of fused-ring (bicyclic) bond motifs is 1. The number of ether oxygens (including phenoxy) is 2. The average Bonchev–Trinajstić information content (AvgIpc) is 2.99. The van der Waals surface area contributed by atoms with E-state index in [9.17, 15) is 9.59 Å². The summed E-state index contributed by atoms with van der Waals surface area (Å²) in [5.74, 6) is 0.634. The van der Waals surface area contributed by atoms with Crippen molar-refractivity contribution < 1.29 is 14.3 Å². The first-order chi connectivity index (χ1) is 12.7. The first-order valence-electron chi connectivity index (χ1n) is 8.32. The zero-order valence-corrected chi connectivity index (χ0v) is 14.7. The molecule has 0 aliphatic rings. The number of rotatable bonds is 7. The third-order valence-corrected chi connectivity index (χ3v) is 4.18. The van der Waals surface area contributed by atoms with E-state index >= 15 is 0 Å². The third kappa shape index (κ3) is 3.42. The minimum Gasteiger partial charge on any atom is -0.496 e. The maximum atomic E-state index is 12.5. The van der Waals surface area contributed by atoms with Gasteiger partial charge in [-0.25, -0.2) is 4.79 Å². The van der Waals surface area contributed by atoms with Crippen molar-refractivity contribution in [2.45, 2.75) is 13.0 Å². The summed E-state index contributed by atoms with van der Waals surface area (Å²) in [6.45, 7) is 0.929. The molecule has 2 aromatic carbocycles. The van der Waals surface area contributed by atoms with E-state index < -0.39 is 0 Å². The number of benzene rings is 2. The summed E-state index contributed by atoms with van der Waals surface area (Å²) in [5, 5.41) is 2.85. The highest BCUT2D eigenvalue weighted by Gasteiger charge is 2.17. The second-order valence-corrected chi connectivity index (χ2v) is 5.75. The molecule has 1 heterocycles. The number of nitrogens with one attached hydrogen (secondary N) is 2. The Bertz CT molecular complexity index is 952. The summed E-state index contributed by atoms with van der Waals surface area (Å²) >= 11 is 0. The quantitative estimate of drug-likeness (QED) is 0.636. The SMILES string of the molecule is COc1cccc(OC)c1C(=O)NCCCn1c(=O)[nH]c2ccccc21. The van der Waals surface area contributed by atoms with Crippen LogP contribution in [0.5, 0.6) is 11.5 Å². The fourth-order valence-corrected chi connectivity index (χ4v) is 2.93. The van der Waals surface area contributed by atoms with Crippen molar-refractivity contribution in [1.82, 2.24) is 14.9 Å². The summed E-state index contributed by atoms with van der Waals surface area (Å²) < 4.78 is 12.2. The Kier molecular flexibility index (Phi) is 5.26. The Labute approximate surface area is 150 Å². The van der Waals surface area contributed by atoms with E-state index in [1.165, 1.54) is 14.2 Å². The zero-order chi connectivity index (χ0) is 18.5. The first kappa shape index (κ1) is 17.6. The number of hydrogen-bond acceptors (Lipinski definition) is 4. The number of H-pyrrole nitrogens is 1. The number of aromatic amines is 1. The molecule has 0 spiro atoms. The fraction of sp³-hybridized carbons (Fsp3) is 0.263. The maximum absolute atomic E-state index is 12.5. The molecule has 2 N–H and O–H groups in total. The number of carbonyl (C=O) groups excluding carboxylic acids is 1. The molecule has 0 saturated carbocycles. The number of carbonyl (C=O) groups is 1. The Morgan fingerprint density at radius 1 is 1.08 bits per heavy atom. The van der Waals surface area contributed by atoms with E-state index in [4.69, 9.17) is 9.47 Å². The number of imidazole rings is 1. The molecule has 0 aliphatic heterocycles. The number of methoxy groups -OCH3 is 2. The summed E-state index contributed by atoms with van der Waals surface area (Å²) in [5.41, 5.74) is 1.88. The third-order valence-electron chi connectivity index (χ3n) is 4.18. The monoisotopic (exact) mass is 355 g/mol. The Morgan fingerprint density at radius 3 is 2.46 bits per heavy atom. The van der Waals surface area contributed by atoms with Crippen LogP contribution in [0.25, 0.3) is 11.0 Å². The molecule has 0 atom stereocenters. The Hall–Kier alpha value is -3.22. The normalized spacial score (nSPS) is 10.7. The van der Waals surface area contributed by atoms with Gasteiger partial charge in [-0.1, -0.05) is 18.2 Å². The van der Waals surface area contributed by atoms with Crippen LogP contribution in [0.3, 0.4) is 0 Å². The van der Waals surface area contributed by atoms with E-state index in [-0.39, 0.29) is 11.6 Å². The number of amides is 1. The van der Waals surface area contributed by atoms with E-state index in [1.807, 2.05) is 24.3 Å². The lowest BCUT2D eigenvalue weighted by molar-refractivity contribution is 0.0946. The minimum atomic E-state index is -0.273. The smallest absolute Gasteiger partial charge is 0.326 e. The molecule has 136 valence electrons. The van der Waals surface area contributed by atoms with Crippen LogP contribution in [0.4, 0.5) is 0 Å². The lowest BCUT2D eigenvalue weighted by Gasteiger charge is -2.13. The van der Waals surface area contributed by atoms with Gasteiger partial charge in [-0.3, -0.25) is 9.36 Å². The molecule has 0 fully saturated rings. The van der Waals surface area contributed by atoms with Crippen LogP contribution < -0.4 is 20.5 Å². The van der Waals surface area contributed by atoms with E-state index in [0.717, 1.165) is 11.0 Å². The van der Waals surface area contributed by atoms with Gasteiger partial charge >= 0.3 is 5.69 Å². The number of nitrogens with zero attached hydrogens (tertiary/aromatic N) is 1. The van der Waals surface area contributed by atoms with Gasteiger partial charge in [0.15, 0.2) is 0 Å². The van der Waals surface area contributed by atoms with Crippen LogP contribution in [0, 0.1) is 0 Å². The van der Waals surface area contributed by atoms with Gasteiger partial charge in [0.1, 0.15) is 17.1 Å². The van der Waals surface area contributed by atoms with E-state index in [0.29, 0.717) is 36.6 Å². The molecular weight excluding hydrogens is 334 g/mol. The van der Waals surface area contributed by atoms with E-state index in [1.54, 1.807) is 22.8 Å². The van der Waals surface area contributed by atoms with Gasteiger partial charge in [0, 0.05) is 13.1 Å². The Balaban J connectivity index is 1.64. The minimum absolute atomic E-state index is 0.149. The van der Waals surface area contributed by atoms with Gasteiger partial charge in [0.2, 0.25) is 0 Å². The molecule has 7 heteroatoms. The van der Waals surface area contributed by atoms with Crippen molar-refractivity contribution in [2.24, 2.45) is 0 Å². The molecule has 0 saturated heterocycles. The molecular formula is C19H21N3O4. The average molecular weight is 355 g/mol. The topological polar surface area (TPSA) is 85.3 Å². The largest absolute Gasteiger partial charge is 0.496 e. The van der Waals surface area contributed by atoms with E-state index in [2.05, 4.69) is 10.3 Å². The first-order valence-corrected chi connectivity index (χ1v) is 8.32. The van der Waals surface area contributed by atoms with Crippen molar-refractivity contribution in [3.8, 4) is 11.5 Å². The highest BCUT2D eigenvalue weighted by atomic mass is 16.5. The van der Waals surface area contributed by atoms with Crippen LogP contribution in [-0.2, 0) is 6.54 Å². The lowest BCUT2D eigenvalue weighted by atomic mass is 10.1. The molecule has 0 unspecified atom stereocenters. The zero-order valence-electron chi connectivity index (χ0n) is 14.7. The number of aryl methyl sites for hydroxylation is 1. The van der Waals surface area contributed by atoms with Crippen LogP contribution >= 0.6 is 0 Å². The second kappa shape index (κ2) is 7.77. The molecule has 1 aromatic heterocycles. The van der Waals surface area contributed by atoms with Gasteiger partial charge in [-0.05, 0) is 30.7 Å². The molecule has 3 rings (SSSR count). The number of para-hydroxylation sites is 2. The van der Waals surface area contributed by atoms with Crippen LogP contribution in [0.1, 0.15) is 16.8 Å². The molecule has 3 aromatic rings. The van der Waals surface area contributed by atoms with Crippen molar-refractivity contribution >= 4 is 16.9 Å². The standard InChI is InChI=1S/C19H21N3O4/c1-25-15-9-5-10-16(26-2)17(15)18(23)20-11-6-12-22-14-8-4-3-7-13(14)21-19(22)24/h3-5,7-10H,6,11-12H2,1-2H3,(H,20,23)(H,21,24). The van der Waals surface area contributed by atoms with Gasteiger partial charge in [0.25, 0.3) is 5.91 Å². The predicted molar refractivity (Wildman–Crippen MR) is 99.1 cm³/mol. The highest BCUT2D eigenvalue weighted by Crippen LogP contribution is 2.27. The van der Waals surface area contributed by atoms with Crippen molar-refractivity contribution in [3.05, 3.63) is 58.5 Å². The van der Waals surface area contributed by atoms with Crippen LogP contribution in [0.2, 0.25) is 0 Å². The highest BCUT2D eigenvalue weighted by molar-refractivity contribution is 5.99. The second-order valence-electron chi connectivity index (χ2n) is 5.75. The summed E-state index contributed by atoms with van der Waals surface area (Å²) in [4.78, 5) is 27.4. The molecule has 26 heavy (non-hydrogen) atoms. The molecule has 0 bridgehead atoms. The maximum Gasteiger partial charge on any atom is 0.326 e. The number of hydrogen-bond donors (Lipinski definition) is 2. The van der Waals surface area contributed by atoms with Gasteiger partial charge in [0.05, 0.1) is 25.3 Å². The molecule has 1 amide bonds. The Morgan fingerprint density at radius 2 is 1.77 bits per heavy atom. The number of aromatic nitrogens is 2. The van der Waals surface area contributed by atoms with Crippen molar-refractivity contribution in [3.63, 3.8) is 0 Å². The summed E-state index contributed by atoms with van der Waals surface area (Å²) in [6, 6.07) is 12.7. The van der Waals surface area contributed by atoms with Gasteiger partial charge < -0.3 is 19.8 Å². The summed E-state index contributed by atoms with van der Waals surface area (Å²) in [6.07, 6.45) is 0.616. The van der Waals surface area contributed by atoms with Gasteiger partial charge in [-0.15, -0.1) is 0 Å². The van der Waals surface area contributed by atoms with Crippen LogP contribution in [0.15, 0.2) is 47.3 Å². The molecule has 7 nitrogen and oxygen atoms in total. The van der Waals surface area contributed by atoms with Crippen molar-refractivity contribution in [2.75, 3.05) is 20.8 Å².